The first-order valence-electron chi connectivity index (χ1n) is 5.39. The first kappa shape index (κ1) is 12.7. The van der Waals surface area contributed by atoms with Crippen LogP contribution in [0.3, 0.4) is 0 Å². The molecule has 0 aliphatic rings. The minimum Gasteiger partial charge on any atom is -0.480 e. The number of rotatable bonds is 6. The maximum atomic E-state index is 11.1. The number of aromatic nitrogens is 2. The Morgan fingerprint density at radius 3 is 3.17 bits per heavy atom. The van der Waals surface area contributed by atoms with E-state index in [1.54, 1.807) is 7.11 Å². The van der Waals surface area contributed by atoms with E-state index in [-0.39, 0.29) is 0 Å². The van der Waals surface area contributed by atoms with Gasteiger partial charge < -0.3 is 15.2 Å². The minimum absolute atomic E-state index is 0.376. The molecule has 2 heterocycles. The summed E-state index contributed by atoms with van der Waals surface area (Å²) in [6.07, 6.45) is 1.80. The second kappa shape index (κ2) is 5.74. The van der Waals surface area contributed by atoms with Gasteiger partial charge in [0.15, 0.2) is 0 Å². The van der Waals surface area contributed by atoms with E-state index in [4.69, 9.17) is 9.84 Å². The number of thiophene rings is 1. The molecule has 0 fully saturated rings. The highest BCUT2D eigenvalue weighted by atomic mass is 32.1. The Bertz CT molecular complexity index is 543. The van der Waals surface area contributed by atoms with E-state index in [2.05, 4.69) is 15.3 Å². The third-order valence-electron chi connectivity index (χ3n) is 2.48. The van der Waals surface area contributed by atoms with Gasteiger partial charge in [0.25, 0.3) is 0 Å². The SMILES string of the molecule is COCCC(Nc1ncnc2sccc12)C(=O)O. The number of aliphatic carboxylic acids is 1. The molecule has 2 aromatic heterocycles. The Kier molecular flexibility index (Phi) is 4.06. The summed E-state index contributed by atoms with van der Waals surface area (Å²) in [5, 5.41) is 14.8. The zero-order valence-electron chi connectivity index (χ0n) is 9.79. The molecule has 0 bridgehead atoms. The fourth-order valence-corrected chi connectivity index (χ4v) is 2.30. The molecule has 18 heavy (non-hydrogen) atoms. The maximum Gasteiger partial charge on any atom is 0.326 e. The lowest BCUT2D eigenvalue weighted by atomic mass is 10.2. The number of carboxylic acids is 1. The molecule has 0 saturated heterocycles. The first-order valence-corrected chi connectivity index (χ1v) is 6.27. The van der Waals surface area contributed by atoms with Gasteiger partial charge in [0.1, 0.15) is 23.0 Å². The summed E-state index contributed by atoms with van der Waals surface area (Å²) in [4.78, 5) is 20.2. The number of nitrogens with one attached hydrogen (secondary N) is 1. The Morgan fingerprint density at radius 1 is 1.61 bits per heavy atom. The minimum atomic E-state index is -0.922. The number of anilines is 1. The third-order valence-corrected chi connectivity index (χ3v) is 3.30. The van der Waals surface area contributed by atoms with E-state index >= 15 is 0 Å². The van der Waals surface area contributed by atoms with Crippen LogP contribution >= 0.6 is 11.3 Å². The summed E-state index contributed by atoms with van der Waals surface area (Å²) < 4.78 is 4.90. The second-order valence-electron chi connectivity index (χ2n) is 3.68. The van der Waals surface area contributed by atoms with E-state index in [1.165, 1.54) is 17.7 Å². The van der Waals surface area contributed by atoms with Crippen LogP contribution in [-0.2, 0) is 9.53 Å². The predicted molar refractivity (Wildman–Crippen MR) is 69.0 cm³/mol. The molecule has 0 radical (unpaired) electrons. The first-order chi connectivity index (χ1) is 8.72. The van der Waals surface area contributed by atoms with Crippen LogP contribution < -0.4 is 5.32 Å². The Balaban J connectivity index is 2.20. The molecule has 0 aliphatic carbocycles. The molecule has 7 heteroatoms. The van der Waals surface area contributed by atoms with Gasteiger partial charge in [-0.2, -0.15) is 0 Å². The third kappa shape index (κ3) is 2.74. The summed E-state index contributed by atoms with van der Waals surface area (Å²) in [7, 11) is 1.54. The number of hydrogen-bond donors (Lipinski definition) is 2. The standard InChI is InChI=1S/C11H13N3O3S/c1-17-4-2-8(11(15)16)14-9-7-3-5-18-10(7)13-6-12-9/h3,5-6,8H,2,4H2,1H3,(H,15,16)(H,12,13,14). The summed E-state index contributed by atoms with van der Waals surface area (Å²) in [6, 6.07) is 1.15. The molecule has 1 unspecified atom stereocenters. The van der Waals surface area contributed by atoms with Crippen molar-refractivity contribution in [2.75, 3.05) is 19.0 Å². The lowest BCUT2D eigenvalue weighted by Crippen LogP contribution is -2.30. The number of hydrogen-bond acceptors (Lipinski definition) is 6. The monoisotopic (exact) mass is 267 g/mol. The molecule has 6 nitrogen and oxygen atoms in total. The summed E-state index contributed by atoms with van der Waals surface area (Å²) >= 11 is 1.49. The number of carboxylic acid groups (broad SMARTS) is 1. The molecule has 2 aromatic rings. The lowest BCUT2D eigenvalue weighted by molar-refractivity contribution is -0.138. The van der Waals surface area contributed by atoms with Crippen molar-refractivity contribution < 1.29 is 14.6 Å². The van der Waals surface area contributed by atoms with Crippen LogP contribution in [-0.4, -0.2) is 40.8 Å². The van der Waals surface area contributed by atoms with Crippen molar-refractivity contribution in [3.63, 3.8) is 0 Å². The van der Waals surface area contributed by atoms with Crippen LogP contribution in [0.1, 0.15) is 6.42 Å². The van der Waals surface area contributed by atoms with Crippen LogP contribution in [0, 0.1) is 0 Å². The van der Waals surface area contributed by atoms with Gasteiger partial charge in [0, 0.05) is 20.1 Å². The van der Waals surface area contributed by atoms with Crippen molar-refractivity contribution in [1.82, 2.24) is 9.97 Å². The number of carbonyl (C=O) groups is 1. The molecule has 0 spiro atoms. The van der Waals surface area contributed by atoms with Gasteiger partial charge in [-0.05, 0) is 11.4 Å². The van der Waals surface area contributed by atoms with Gasteiger partial charge in [-0.25, -0.2) is 14.8 Å². The van der Waals surface area contributed by atoms with Crippen LogP contribution in [0.4, 0.5) is 5.82 Å². The summed E-state index contributed by atoms with van der Waals surface area (Å²) in [5.74, 6) is -0.376. The molecular formula is C11H13N3O3S. The van der Waals surface area contributed by atoms with Crippen LogP contribution in [0.5, 0.6) is 0 Å². The molecule has 0 amide bonds. The van der Waals surface area contributed by atoms with Crippen molar-refractivity contribution in [1.29, 1.82) is 0 Å². The average molecular weight is 267 g/mol. The Hall–Kier alpha value is -1.73. The quantitative estimate of drug-likeness (QED) is 0.827. The van der Waals surface area contributed by atoms with Crippen molar-refractivity contribution in [2.24, 2.45) is 0 Å². The Labute approximate surface area is 108 Å². The largest absolute Gasteiger partial charge is 0.480 e. The normalized spacial score (nSPS) is 12.5. The van der Waals surface area contributed by atoms with Crippen LogP contribution in [0.25, 0.3) is 10.2 Å². The molecule has 0 saturated carbocycles. The van der Waals surface area contributed by atoms with Gasteiger partial charge in [0.05, 0.1) is 5.39 Å². The number of methoxy groups -OCH3 is 1. The van der Waals surface area contributed by atoms with Crippen LogP contribution in [0.2, 0.25) is 0 Å². The molecule has 1 atom stereocenters. The predicted octanol–water partition coefficient (Wildman–Crippen LogP) is 1.59. The zero-order chi connectivity index (χ0) is 13.0. The second-order valence-corrected chi connectivity index (χ2v) is 4.57. The molecule has 0 aliphatic heterocycles. The molecule has 96 valence electrons. The van der Waals surface area contributed by atoms with Gasteiger partial charge in [-0.3, -0.25) is 0 Å². The van der Waals surface area contributed by atoms with Gasteiger partial charge >= 0.3 is 5.97 Å². The number of fused-ring (bicyclic) bond motifs is 1. The van der Waals surface area contributed by atoms with Crippen molar-refractivity contribution >= 4 is 33.3 Å². The van der Waals surface area contributed by atoms with E-state index in [1.807, 2.05) is 11.4 Å². The van der Waals surface area contributed by atoms with E-state index in [0.717, 1.165) is 10.2 Å². The van der Waals surface area contributed by atoms with E-state index in [9.17, 15) is 4.79 Å². The highest BCUT2D eigenvalue weighted by Gasteiger charge is 2.18. The maximum absolute atomic E-state index is 11.1. The molecule has 2 rings (SSSR count). The highest BCUT2D eigenvalue weighted by molar-refractivity contribution is 7.16. The van der Waals surface area contributed by atoms with Crippen LogP contribution in [0.15, 0.2) is 17.8 Å². The summed E-state index contributed by atoms with van der Waals surface area (Å²) in [6.45, 7) is 0.377. The van der Waals surface area contributed by atoms with Crippen molar-refractivity contribution in [3.05, 3.63) is 17.8 Å². The highest BCUT2D eigenvalue weighted by Crippen LogP contribution is 2.24. The molecular weight excluding hydrogens is 254 g/mol. The van der Waals surface area contributed by atoms with E-state index < -0.39 is 12.0 Å². The fourth-order valence-electron chi connectivity index (χ4n) is 1.56. The molecule has 2 N–H and O–H groups in total. The van der Waals surface area contributed by atoms with Gasteiger partial charge in [-0.1, -0.05) is 0 Å². The smallest absolute Gasteiger partial charge is 0.326 e. The average Bonchev–Trinajstić information content (AvgIpc) is 2.83. The van der Waals surface area contributed by atoms with Crippen molar-refractivity contribution in [2.45, 2.75) is 12.5 Å². The lowest BCUT2D eigenvalue weighted by Gasteiger charge is -2.14. The molecule has 0 aromatic carbocycles. The summed E-state index contributed by atoms with van der Waals surface area (Å²) in [5.41, 5.74) is 0. The fraction of sp³-hybridized carbons (Fsp3) is 0.364. The zero-order valence-corrected chi connectivity index (χ0v) is 10.6. The Morgan fingerprint density at radius 2 is 2.44 bits per heavy atom. The van der Waals surface area contributed by atoms with Crippen molar-refractivity contribution in [3.8, 4) is 0 Å². The van der Waals surface area contributed by atoms with Gasteiger partial charge in [-0.15, -0.1) is 11.3 Å². The topological polar surface area (TPSA) is 84.3 Å². The van der Waals surface area contributed by atoms with E-state index in [0.29, 0.717) is 18.8 Å². The number of ether oxygens (including phenoxy) is 1. The number of nitrogens with zero attached hydrogens (tertiary/aromatic N) is 2. The van der Waals surface area contributed by atoms with Gasteiger partial charge in [0.2, 0.25) is 0 Å².